The monoisotopic (exact) mass is 202 g/mol. The first-order valence-electron chi connectivity index (χ1n) is 3.80. The minimum absolute atomic E-state index is 0.114. The molecule has 0 unspecified atom stereocenters. The van der Waals surface area contributed by atoms with E-state index in [-0.39, 0.29) is 18.3 Å². The van der Waals surface area contributed by atoms with Crippen LogP contribution in [0.4, 0.5) is 0 Å². The molecule has 0 saturated heterocycles. The van der Waals surface area contributed by atoms with Crippen LogP contribution >= 0.6 is 7.60 Å². The molecule has 3 N–H and O–H groups in total. The number of rotatable bonds is 3. The minimum atomic E-state index is -3.93. The van der Waals surface area contributed by atoms with Gasteiger partial charge in [0, 0.05) is 0 Å². The van der Waals surface area contributed by atoms with Gasteiger partial charge in [-0.25, -0.2) is 0 Å². The van der Waals surface area contributed by atoms with Gasteiger partial charge >= 0.3 is 7.60 Å². The predicted octanol–water partition coefficient (Wildman–Crippen LogP) is 1.11. The summed E-state index contributed by atoms with van der Waals surface area (Å²) in [7, 11) is -3.93. The number of benzene rings is 1. The van der Waals surface area contributed by atoms with Crippen molar-refractivity contribution in [3.8, 4) is 5.75 Å². The number of phenols is 1. The summed E-state index contributed by atoms with van der Waals surface area (Å²) in [5, 5.41) is 9.05. The Kier molecular flexibility index (Phi) is 3.09. The third-order valence-corrected chi connectivity index (χ3v) is 2.41. The summed E-state index contributed by atoms with van der Waals surface area (Å²) in [6.45, 7) is 0. The molecule has 0 saturated carbocycles. The summed E-state index contributed by atoms with van der Waals surface area (Å²) in [6, 6.07) is 6.37. The third-order valence-electron chi connectivity index (χ3n) is 1.60. The number of aryl methyl sites for hydroxylation is 1. The van der Waals surface area contributed by atoms with Crippen LogP contribution in [0, 0.1) is 0 Å². The van der Waals surface area contributed by atoms with Crippen molar-refractivity contribution in [2.45, 2.75) is 6.42 Å². The van der Waals surface area contributed by atoms with E-state index >= 15 is 0 Å². The Morgan fingerprint density at radius 2 is 2.00 bits per heavy atom. The first-order valence-corrected chi connectivity index (χ1v) is 5.59. The van der Waals surface area contributed by atoms with Crippen LogP contribution in [-0.4, -0.2) is 21.1 Å². The van der Waals surface area contributed by atoms with Crippen molar-refractivity contribution < 1.29 is 19.5 Å². The molecular weight excluding hydrogens is 191 g/mol. The quantitative estimate of drug-likeness (QED) is 0.641. The van der Waals surface area contributed by atoms with E-state index in [0.717, 1.165) is 5.56 Å². The number of phenolic OH excluding ortho intramolecular Hbond substituents is 1. The molecule has 0 aromatic heterocycles. The maximum Gasteiger partial charge on any atom is 0.325 e. The van der Waals surface area contributed by atoms with E-state index in [0.29, 0.717) is 0 Å². The van der Waals surface area contributed by atoms with Crippen molar-refractivity contribution in [3.63, 3.8) is 0 Å². The van der Waals surface area contributed by atoms with Gasteiger partial charge in [0.25, 0.3) is 0 Å². The first kappa shape index (κ1) is 10.3. The fourth-order valence-corrected chi connectivity index (χ4v) is 1.54. The third kappa shape index (κ3) is 4.08. The van der Waals surface area contributed by atoms with Gasteiger partial charge < -0.3 is 14.9 Å². The van der Waals surface area contributed by atoms with Crippen LogP contribution in [0.15, 0.2) is 24.3 Å². The van der Waals surface area contributed by atoms with Gasteiger partial charge in [-0.15, -0.1) is 0 Å². The van der Waals surface area contributed by atoms with Gasteiger partial charge in [-0.1, -0.05) is 12.1 Å². The van der Waals surface area contributed by atoms with Crippen LogP contribution in [0.5, 0.6) is 5.75 Å². The molecule has 13 heavy (non-hydrogen) atoms. The van der Waals surface area contributed by atoms with Crippen LogP contribution < -0.4 is 0 Å². The van der Waals surface area contributed by atoms with Crippen molar-refractivity contribution in [3.05, 3.63) is 29.8 Å². The van der Waals surface area contributed by atoms with Gasteiger partial charge in [-0.05, 0) is 24.1 Å². The van der Waals surface area contributed by atoms with Crippen LogP contribution in [0.25, 0.3) is 0 Å². The van der Waals surface area contributed by atoms with Crippen molar-refractivity contribution in [1.29, 1.82) is 0 Å². The smallest absolute Gasteiger partial charge is 0.325 e. The molecule has 1 aromatic carbocycles. The van der Waals surface area contributed by atoms with Crippen LogP contribution in [-0.2, 0) is 11.0 Å². The topological polar surface area (TPSA) is 77.8 Å². The molecule has 1 rings (SSSR count). The van der Waals surface area contributed by atoms with Crippen LogP contribution in [0.2, 0.25) is 0 Å². The fourth-order valence-electron chi connectivity index (χ4n) is 0.987. The predicted molar refractivity (Wildman–Crippen MR) is 48.7 cm³/mol. The summed E-state index contributed by atoms with van der Waals surface area (Å²) in [6.07, 6.45) is 0.0924. The standard InChI is InChI=1S/C8H11O4P/c9-8-3-1-2-7(6-8)4-5-13(10,11)12/h1-3,6,9H,4-5H2,(H2,10,11,12). The zero-order valence-electron chi connectivity index (χ0n) is 6.92. The lowest BCUT2D eigenvalue weighted by atomic mass is 10.2. The molecular formula is C8H11O4P. The molecule has 0 spiro atoms. The highest BCUT2D eigenvalue weighted by Gasteiger charge is 2.12. The average molecular weight is 202 g/mol. The Morgan fingerprint density at radius 3 is 2.54 bits per heavy atom. The first-order chi connectivity index (χ1) is 5.97. The molecule has 0 amide bonds. The van der Waals surface area contributed by atoms with E-state index in [4.69, 9.17) is 14.9 Å². The van der Waals surface area contributed by atoms with Crippen molar-refractivity contribution in [2.75, 3.05) is 6.16 Å². The SMILES string of the molecule is O=P(O)(O)CCc1cccc(O)c1. The van der Waals surface area contributed by atoms with Gasteiger partial charge in [-0.2, -0.15) is 0 Å². The van der Waals surface area contributed by atoms with Gasteiger partial charge in [0.2, 0.25) is 0 Å². The molecule has 5 heteroatoms. The molecule has 0 aliphatic rings. The molecule has 0 atom stereocenters. The van der Waals surface area contributed by atoms with Gasteiger partial charge in [0.1, 0.15) is 5.75 Å². The molecule has 72 valence electrons. The second kappa shape index (κ2) is 3.92. The molecule has 0 aliphatic carbocycles. The van der Waals surface area contributed by atoms with Crippen LogP contribution in [0.1, 0.15) is 5.56 Å². The van der Waals surface area contributed by atoms with E-state index in [1.165, 1.54) is 12.1 Å². The largest absolute Gasteiger partial charge is 0.508 e. The molecule has 4 nitrogen and oxygen atoms in total. The maximum atomic E-state index is 10.5. The lowest BCUT2D eigenvalue weighted by Gasteiger charge is -2.03. The molecule has 0 radical (unpaired) electrons. The van der Waals surface area contributed by atoms with E-state index in [2.05, 4.69) is 0 Å². The lowest BCUT2D eigenvalue weighted by molar-refractivity contribution is 0.373. The number of hydrogen-bond donors (Lipinski definition) is 3. The molecule has 0 bridgehead atoms. The summed E-state index contributed by atoms with van der Waals surface area (Å²) >= 11 is 0. The molecule has 0 fully saturated rings. The molecule has 0 aliphatic heterocycles. The normalized spacial score (nSPS) is 11.5. The zero-order chi connectivity index (χ0) is 9.90. The van der Waals surface area contributed by atoms with E-state index < -0.39 is 7.60 Å². The fraction of sp³-hybridized carbons (Fsp3) is 0.250. The van der Waals surface area contributed by atoms with Crippen molar-refractivity contribution >= 4 is 7.60 Å². The Morgan fingerprint density at radius 1 is 1.31 bits per heavy atom. The van der Waals surface area contributed by atoms with E-state index in [9.17, 15) is 4.57 Å². The summed E-state index contributed by atoms with van der Waals surface area (Å²) < 4.78 is 10.5. The van der Waals surface area contributed by atoms with E-state index in [1.807, 2.05) is 0 Å². The highest BCUT2D eigenvalue weighted by molar-refractivity contribution is 7.51. The lowest BCUT2D eigenvalue weighted by Crippen LogP contribution is -1.93. The summed E-state index contributed by atoms with van der Waals surface area (Å²) in [4.78, 5) is 17.2. The minimum Gasteiger partial charge on any atom is -0.508 e. The van der Waals surface area contributed by atoms with E-state index in [1.54, 1.807) is 12.1 Å². The number of hydrogen-bond acceptors (Lipinski definition) is 2. The Balaban J connectivity index is 2.60. The highest BCUT2D eigenvalue weighted by atomic mass is 31.2. The van der Waals surface area contributed by atoms with Crippen LogP contribution in [0.3, 0.4) is 0 Å². The highest BCUT2D eigenvalue weighted by Crippen LogP contribution is 2.34. The van der Waals surface area contributed by atoms with Crippen molar-refractivity contribution in [2.24, 2.45) is 0 Å². The average Bonchev–Trinajstić information content (AvgIpc) is 2.00. The molecule has 1 aromatic rings. The zero-order valence-corrected chi connectivity index (χ0v) is 7.82. The van der Waals surface area contributed by atoms with Gasteiger partial charge in [0.15, 0.2) is 0 Å². The Bertz CT molecular complexity index is 331. The van der Waals surface area contributed by atoms with Crippen molar-refractivity contribution in [1.82, 2.24) is 0 Å². The Labute approximate surface area is 76.0 Å². The number of aromatic hydroxyl groups is 1. The summed E-state index contributed by atoms with van der Waals surface area (Å²) in [5.41, 5.74) is 0.725. The second-order valence-corrected chi connectivity index (χ2v) is 4.58. The van der Waals surface area contributed by atoms with Gasteiger partial charge in [0.05, 0.1) is 6.16 Å². The van der Waals surface area contributed by atoms with Gasteiger partial charge in [-0.3, -0.25) is 4.57 Å². The second-order valence-electron chi connectivity index (χ2n) is 2.81. The Hall–Kier alpha value is -0.830. The maximum absolute atomic E-state index is 10.5. The summed E-state index contributed by atoms with van der Waals surface area (Å²) in [5.74, 6) is 0.114. The molecule has 0 heterocycles.